The Balaban J connectivity index is 2.19. The van der Waals surface area contributed by atoms with E-state index in [4.69, 9.17) is 17.0 Å². The lowest BCUT2D eigenvalue weighted by Crippen LogP contribution is -2.58. The molecule has 0 saturated heterocycles. The van der Waals surface area contributed by atoms with Crippen molar-refractivity contribution in [3.8, 4) is 5.75 Å². The highest BCUT2D eigenvalue weighted by Crippen LogP contribution is 2.23. The zero-order valence-electron chi connectivity index (χ0n) is 16.2. The maximum Gasteiger partial charge on any atom is 0.198 e. The van der Waals surface area contributed by atoms with Crippen LogP contribution in [0.15, 0.2) is 54.6 Å². The Bertz CT molecular complexity index is 706. The Kier molecular flexibility index (Phi) is 6.37. The summed E-state index contributed by atoms with van der Waals surface area (Å²) in [6.45, 7) is 15.6. The van der Waals surface area contributed by atoms with E-state index in [0.717, 1.165) is 17.9 Å². The number of nitrogens with zero attached hydrogens (tertiary/aromatic N) is 1. The quantitative estimate of drug-likeness (QED) is 0.451. The van der Waals surface area contributed by atoms with Gasteiger partial charge in [-0.25, -0.2) is 0 Å². The number of hydrogen-bond donors (Lipinski definition) is 0. The Morgan fingerprint density at radius 1 is 0.880 bits per heavy atom. The first-order valence-electron chi connectivity index (χ1n) is 8.71. The van der Waals surface area contributed by atoms with Crippen LogP contribution in [-0.4, -0.2) is 25.8 Å². The van der Waals surface area contributed by atoms with Crippen LogP contribution in [-0.2, 0) is 6.54 Å². The number of hydrogen-bond acceptors (Lipinski definition) is 3. The number of ether oxygens (including phenoxy) is 1. The van der Waals surface area contributed by atoms with Crippen LogP contribution >= 0.6 is 12.2 Å². The number of benzene rings is 2. The van der Waals surface area contributed by atoms with Crippen LogP contribution in [0.4, 0.5) is 0 Å². The Morgan fingerprint density at radius 2 is 1.48 bits per heavy atom. The third-order valence-electron chi connectivity index (χ3n) is 4.08. The van der Waals surface area contributed by atoms with Gasteiger partial charge in [0.2, 0.25) is 0 Å². The van der Waals surface area contributed by atoms with Crippen molar-refractivity contribution in [2.24, 2.45) is 0 Å². The van der Waals surface area contributed by atoms with E-state index in [1.54, 1.807) is 0 Å². The standard InChI is InChI=1S/C20H29NOSSi2/c1-24(2,3)21(25(4,5)6)16-17-11-10-12-18(15-17)20(23)22-19-13-8-7-9-14-19/h7-15H,16H2,1-6H3. The van der Waals surface area contributed by atoms with Crippen molar-refractivity contribution in [2.75, 3.05) is 0 Å². The van der Waals surface area contributed by atoms with Crippen LogP contribution in [0.25, 0.3) is 0 Å². The predicted molar refractivity (Wildman–Crippen MR) is 117 cm³/mol. The molecule has 0 aliphatic carbocycles. The summed E-state index contributed by atoms with van der Waals surface area (Å²) in [5, 5.41) is 0.528. The second-order valence-corrected chi connectivity index (χ2v) is 18.9. The van der Waals surface area contributed by atoms with Gasteiger partial charge in [0.1, 0.15) is 22.2 Å². The maximum atomic E-state index is 5.83. The molecule has 0 saturated carbocycles. The molecular weight excluding hydrogens is 358 g/mol. The maximum absolute atomic E-state index is 5.83. The lowest BCUT2D eigenvalue weighted by atomic mass is 10.1. The van der Waals surface area contributed by atoms with E-state index >= 15 is 0 Å². The van der Waals surface area contributed by atoms with Gasteiger partial charge in [-0.15, -0.1) is 0 Å². The van der Waals surface area contributed by atoms with Gasteiger partial charge in [-0.05, 0) is 36.0 Å². The molecule has 0 spiro atoms. The van der Waals surface area contributed by atoms with Gasteiger partial charge < -0.3 is 8.97 Å². The van der Waals surface area contributed by atoms with Crippen molar-refractivity contribution in [1.29, 1.82) is 0 Å². The van der Waals surface area contributed by atoms with E-state index < -0.39 is 16.5 Å². The molecule has 5 heteroatoms. The second kappa shape index (κ2) is 7.95. The molecule has 0 aromatic heterocycles. The highest BCUT2D eigenvalue weighted by Gasteiger charge is 2.34. The molecule has 0 heterocycles. The normalized spacial score (nSPS) is 12.3. The number of thiocarbonyl (C=S) groups is 1. The Morgan fingerprint density at radius 3 is 2.04 bits per heavy atom. The minimum atomic E-state index is -1.38. The molecule has 2 rings (SSSR count). The molecule has 0 aliphatic rings. The Labute approximate surface area is 160 Å². The SMILES string of the molecule is C[Si](C)(C)N(Cc1cccc(C(=S)Oc2ccccc2)c1)[Si](C)(C)C. The molecule has 2 nitrogen and oxygen atoms in total. The summed E-state index contributed by atoms with van der Waals surface area (Å²) in [5.74, 6) is 0.781. The van der Waals surface area contributed by atoms with E-state index in [9.17, 15) is 0 Å². The zero-order valence-corrected chi connectivity index (χ0v) is 19.0. The number of rotatable bonds is 6. The van der Waals surface area contributed by atoms with Crippen LogP contribution in [0.1, 0.15) is 11.1 Å². The van der Waals surface area contributed by atoms with Crippen molar-refractivity contribution >= 4 is 33.7 Å². The van der Waals surface area contributed by atoms with E-state index in [1.165, 1.54) is 5.56 Å². The van der Waals surface area contributed by atoms with Gasteiger partial charge in [-0.3, -0.25) is 0 Å². The van der Waals surface area contributed by atoms with E-state index in [0.29, 0.717) is 5.05 Å². The van der Waals surface area contributed by atoms with Crippen LogP contribution in [0.3, 0.4) is 0 Å². The third kappa shape index (κ3) is 5.88. The minimum Gasteiger partial charge on any atom is -0.445 e. The fourth-order valence-corrected chi connectivity index (χ4v) is 12.7. The van der Waals surface area contributed by atoms with Gasteiger partial charge in [-0.2, -0.15) is 0 Å². The van der Waals surface area contributed by atoms with E-state index in [-0.39, 0.29) is 0 Å². The second-order valence-electron chi connectivity index (χ2n) is 8.33. The van der Waals surface area contributed by atoms with Gasteiger partial charge in [-0.1, -0.05) is 75.7 Å². The molecule has 0 unspecified atom stereocenters. The molecule has 0 amide bonds. The number of para-hydroxylation sites is 1. The first kappa shape index (κ1) is 20.0. The molecule has 0 radical (unpaired) electrons. The summed E-state index contributed by atoms with van der Waals surface area (Å²) >= 11 is 5.50. The Hall–Kier alpha value is -1.28. The fourth-order valence-electron chi connectivity index (χ4n) is 3.11. The summed E-state index contributed by atoms with van der Waals surface area (Å²) in [5.41, 5.74) is 2.28. The summed E-state index contributed by atoms with van der Waals surface area (Å²) < 4.78 is 8.61. The van der Waals surface area contributed by atoms with Crippen LogP contribution in [0.5, 0.6) is 5.75 Å². The van der Waals surface area contributed by atoms with Gasteiger partial charge in [0.25, 0.3) is 0 Å². The highest BCUT2D eigenvalue weighted by atomic mass is 32.1. The highest BCUT2D eigenvalue weighted by molar-refractivity contribution is 7.80. The fraction of sp³-hybridized carbons (Fsp3) is 0.350. The molecule has 2 aromatic rings. The first-order valence-corrected chi connectivity index (χ1v) is 16.0. The average molecular weight is 388 g/mol. The van der Waals surface area contributed by atoms with Crippen molar-refractivity contribution in [3.05, 3.63) is 65.7 Å². The molecule has 25 heavy (non-hydrogen) atoms. The molecule has 0 atom stereocenters. The van der Waals surface area contributed by atoms with Gasteiger partial charge in [0.05, 0.1) is 0 Å². The van der Waals surface area contributed by atoms with Crippen LogP contribution < -0.4 is 4.74 Å². The smallest absolute Gasteiger partial charge is 0.198 e. The van der Waals surface area contributed by atoms with Crippen molar-refractivity contribution in [3.63, 3.8) is 0 Å². The molecule has 2 aromatic carbocycles. The van der Waals surface area contributed by atoms with Gasteiger partial charge in [0, 0.05) is 12.1 Å². The monoisotopic (exact) mass is 387 g/mol. The summed E-state index contributed by atoms with van der Waals surface area (Å²) in [6, 6.07) is 18.2. The van der Waals surface area contributed by atoms with Gasteiger partial charge >= 0.3 is 0 Å². The van der Waals surface area contributed by atoms with Crippen molar-refractivity contribution in [1.82, 2.24) is 4.23 Å². The summed E-state index contributed by atoms with van der Waals surface area (Å²) in [7, 11) is -2.76. The van der Waals surface area contributed by atoms with E-state index in [2.05, 4.69) is 61.7 Å². The van der Waals surface area contributed by atoms with Gasteiger partial charge in [0.15, 0.2) is 5.05 Å². The summed E-state index contributed by atoms with van der Waals surface area (Å²) in [4.78, 5) is 0. The molecule has 0 aliphatic heterocycles. The lowest BCUT2D eigenvalue weighted by Gasteiger charge is -2.43. The van der Waals surface area contributed by atoms with Crippen molar-refractivity contribution in [2.45, 2.75) is 45.8 Å². The largest absolute Gasteiger partial charge is 0.445 e. The van der Waals surface area contributed by atoms with Crippen LogP contribution in [0.2, 0.25) is 39.3 Å². The third-order valence-corrected chi connectivity index (χ3v) is 12.0. The molecular formula is C20H29NOSSi2. The minimum absolute atomic E-state index is 0.528. The van der Waals surface area contributed by atoms with Crippen LogP contribution in [0, 0.1) is 0 Å². The average Bonchev–Trinajstić information content (AvgIpc) is 2.52. The van der Waals surface area contributed by atoms with Crippen molar-refractivity contribution < 1.29 is 4.74 Å². The molecule has 134 valence electrons. The zero-order chi connectivity index (χ0) is 18.7. The topological polar surface area (TPSA) is 12.5 Å². The summed E-state index contributed by atoms with van der Waals surface area (Å²) in [6.07, 6.45) is 0. The lowest BCUT2D eigenvalue weighted by molar-refractivity contribution is 0.566. The first-order chi connectivity index (χ1) is 11.6. The predicted octanol–water partition coefficient (Wildman–Crippen LogP) is 5.91. The molecule has 0 N–H and O–H groups in total. The molecule has 0 fully saturated rings. The molecule has 0 bridgehead atoms. The van der Waals surface area contributed by atoms with E-state index in [1.807, 2.05) is 36.4 Å².